The van der Waals surface area contributed by atoms with E-state index in [-0.39, 0.29) is 12.5 Å². The van der Waals surface area contributed by atoms with Crippen LogP contribution in [-0.4, -0.2) is 34.9 Å². The minimum Gasteiger partial charge on any atom is -0.394 e. The molecule has 3 N–H and O–H groups in total. The second-order valence-electron chi connectivity index (χ2n) is 17.9. The van der Waals surface area contributed by atoms with Gasteiger partial charge >= 0.3 is 0 Å². The molecule has 0 aromatic heterocycles. The summed E-state index contributed by atoms with van der Waals surface area (Å²) < 4.78 is 0. The SMILES string of the molecule is CCCCCCCCCCCCCC/C=C\CCCCCCCCCCCCCCCCCCCC(=O)NC(CO)C(O)CCCCCCCCCCCCC. The third-order valence-electron chi connectivity index (χ3n) is 12.3. The molecule has 2 unspecified atom stereocenters. The molecule has 0 radical (unpaired) electrons. The summed E-state index contributed by atoms with van der Waals surface area (Å²) >= 11 is 0. The summed E-state index contributed by atoms with van der Waals surface area (Å²) in [5.41, 5.74) is 0. The van der Waals surface area contributed by atoms with Crippen molar-refractivity contribution in [3.05, 3.63) is 12.2 Å². The van der Waals surface area contributed by atoms with Crippen LogP contribution in [-0.2, 0) is 4.79 Å². The molecule has 0 aliphatic carbocycles. The molecule has 0 saturated heterocycles. The van der Waals surface area contributed by atoms with Gasteiger partial charge in [-0.2, -0.15) is 0 Å². The Labute approximate surface area is 352 Å². The monoisotopic (exact) mass is 790 g/mol. The van der Waals surface area contributed by atoms with E-state index >= 15 is 0 Å². The summed E-state index contributed by atoms with van der Waals surface area (Å²) in [6.07, 6.45) is 62.0. The molecule has 0 aliphatic heterocycles. The lowest BCUT2D eigenvalue weighted by atomic mass is 10.0. The van der Waals surface area contributed by atoms with Crippen LogP contribution < -0.4 is 5.32 Å². The van der Waals surface area contributed by atoms with Crippen LogP contribution in [0.5, 0.6) is 0 Å². The van der Waals surface area contributed by atoms with Gasteiger partial charge in [-0.1, -0.05) is 264 Å². The molecule has 0 heterocycles. The topological polar surface area (TPSA) is 69.6 Å². The van der Waals surface area contributed by atoms with Crippen LogP contribution in [0.25, 0.3) is 0 Å². The van der Waals surface area contributed by atoms with Gasteiger partial charge in [-0.3, -0.25) is 4.79 Å². The molecule has 4 heteroatoms. The summed E-state index contributed by atoms with van der Waals surface area (Å²) in [6, 6.07) is -0.531. The Hall–Kier alpha value is -0.870. The zero-order valence-electron chi connectivity index (χ0n) is 38.4. The molecular weight excluding hydrogens is 687 g/mol. The van der Waals surface area contributed by atoms with Gasteiger partial charge in [0.2, 0.25) is 5.91 Å². The van der Waals surface area contributed by atoms with E-state index in [1.54, 1.807) is 0 Å². The molecule has 334 valence electrons. The normalized spacial score (nSPS) is 12.9. The van der Waals surface area contributed by atoms with Crippen molar-refractivity contribution in [2.24, 2.45) is 0 Å². The number of rotatable bonds is 48. The molecule has 0 spiro atoms. The van der Waals surface area contributed by atoms with Crippen molar-refractivity contribution in [1.29, 1.82) is 0 Å². The van der Waals surface area contributed by atoms with Crippen molar-refractivity contribution in [3.8, 4) is 0 Å². The highest BCUT2D eigenvalue weighted by atomic mass is 16.3. The third-order valence-corrected chi connectivity index (χ3v) is 12.3. The van der Waals surface area contributed by atoms with E-state index in [0.29, 0.717) is 12.8 Å². The Morgan fingerprint density at radius 1 is 0.411 bits per heavy atom. The Morgan fingerprint density at radius 3 is 0.982 bits per heavy atom. The summed E-state index contributed by atoms with van der Waals surface area (Å²) in [6.45, 7) is 4.37. The van der Waals surface area contributed by atoms with Gasteiger partial charge in [0, 0.05) is 6.42 Å². The first kappa shape index (κ1) is 55.1. The molecular formula is C52H103NO3. The number of hydrogen-bond donors (Lipinski definition) is 3. The number of carbonyl (C=O) groups is 1. The molecule has 0 bridgehead atoms. The maximum absolute atomic E-state index is 12.4. The Kier molecular flexibility index (Phi) is 47.7. The molecule has 0 rings (SSSR count). The average Bonchev–Trinajstić information content (AvgIpc) is 3.20. The number of amides is 1. The van der Waals surface area contributed by atoms with Crippen LogP contribution in [0.1, 0.15) is 296 Å². The smallest absolute Gasteiger partial charge is 0.220 e. The first-order valence-corrected chi connectivity index (χ1v) is 25.9. The maximum atomic E-state index is 12.4. The van der Waals surface area contributed by atoms with Crippen LogP contribution in [0.4, 0.5) is 0 Å². The van der Waals surface area contributed by atoms with E-state index in [2.05, 4.69) is 31.3 Å². The predicted molar refractivity (Wildman–Crippen MR) is 249 cm³/mol. The van der Waals surface area contributed by atoms with Crippen LogP contribution in [0.15, 0.2) is 12.2 Å². The van der Waals surface area contributed by atoms with Gasteiger partial charge < -0.3 is 15.5 Å². The number of allylic oxidation sites excluding steroid dienone is 2. The molecule has 56 heavy (non-hydrogen) atoms. The summed E-state index contributed by atoms with van der Waals surface area (Å²) in [5.74, 6) is -0.0274. The van der Waals surface area contributed by atoms with Crippen LogP contribution in [0, 0.1) is 0 Å². The number of nitrogens with one attached hydrogen (secondary N) is 1. The van der Waals surface area contributed by atoms with Gasteiger partial charge in [-0.15, -0.1) is 0 Å². The zero-order chi connectivity index (χ0) is 40.7. The summed E-state index contributed by atoms with van der Waals surface area (Å²) in [5, 5.41) is 23.1. The Balaban J connectivity index is 3.36. The first-order valence-electron chi connectivity index (χ1n) is 25.9. The average molecular weight is 790 g/mol. The lowest BCUT2D eigenvalue weighted by molar-refractivity contribution is -0.123. The van der Waals surface area contributed by atoms with E-state index < -0.39 is 12.1 Å². The molecule has 4 nitrogen and oxygen atoms in total. The minimum absolute atomic E-state index is 0.0274. The van der Waals surface area contributed by atoms with E-state index in [9.17, 15) is 15.0 Å². The van der Waals surface area contributed by atoms with E-state index in [1.807, 2.05) is 0 Å². The Bertz CT molecular complexity index is 769. The summed E-state index contributed by atoms with van der Waals surface area (Å²) in [4.78, 5) is 12.4. The molecule has 2 atom stereocenters. The fourth-order valence-corrected chi connectivity index (χ4v) is 8.30. The lowest BCUT2D eigenvalue weighted by Crippen LogP contribution is -2.45. The molecule has 1 amide bonds. The molecule has 0 aliphatic rings. The number of aliphatic hydroxyl groups is 2. The largest absolute Gasteiger partial charge is 0.394 e. The predicted octanol–water partition coefficient (Wildman–Crippen LogP) is 16.6. The van der Waals surface area contributed by atoms with Gasteiger partial charge in [-0.05, 0) is 38.5 Å². The van der Waals surface area contributed by atoms with Crippen LogP contribution in [0.3, 0.4) is 0 Å². The van der Waals surface area contributed by atoms with Crippen molar-refractivity contribution >= 4 is 5.91 Å². The number of aliphatic hydroxyl groups excluding tert-OH is 2. The van der Waals surface area contributed by atoms with Gasteiger partial charge in [0.15, 0.2) is 0 Å². The summed E-state index contributed by atoms with van der Waals surface area (Å²) in [7, 11) is 0. The molecule has 0 saturated carbocycles. The number of hydrogen-bond acceptors (Lipinski definition) is 3. The quantitative estimate of drug-likeness (QED) is 0.0425. The second kappa shape index (κ2) is 48.5. The van der Waals surface area contributed by atoms with Crippen molar-refractivity contribution in [2.45, 2.75) is 309 Å². The second-order valence-corrected chi connectivity index (χ2v) is 17.9. The minimum atomic E-state index is -0.654. The highest BCUT2D eigenvalue weighted by molar-refractivity contribution is 5.76. The highest BCUT2D eigenvalue weighted by Crippen LogP contribution is 2.17. The standard InChI is InChI=1S/C52H103NO3/c1-3-5-7-9-11-13-15-16-17-18-19-20-21-22-23-24-25-26-27-28-29-30-31-32-33-34-35-36-38-40-42-44-46-48-52(56)53-50(49-54)51(55)47-45-43-41-39-37-14-12-10-8-6-4-2/h22-23,50-51,54-55H,3-21,24-49H2,1-2H3,(H,53,56)/b23-22-. The number of unbranched alkanes of at least 4 members (excludes halogenated alkanes) is 39. The highest BCUT2D eigenvalue weighted by Gasteiger charge is 2.20. The zero-order valence-corrected chi connectivity index (χ0v) is 38.4. The van der Waals surface area contributed by atoms with Crippen molar-refractivity contribution < 1.29 is 15.0 Å². The van der Waals surface area contributed by atoms with E-state index in [0.717, 1.165) is 25.7 Å². The van der Waals surface area contributed by atoms with Gasteiger partial charge in [0.25, 0.3) is 0 Å². The first-order chi connectivity index (χ1) is 27.7. The van der Waals surface area contributed by atoms with Crippen LogP contribution in [0.2, 0.25) is 0 Å². The van der Waals surface area contributed by atoms with Gasteiger partial charge in [-0.25, -0.2) is 0 Å². The van der Waals surface area contributed by atoms with E-state index in [1.165, 1.54) is 244 Å². The van der Waals surface area contributed by atoms with Gasteiger partial charge in [0.05, 0.1) is 18.8 Å². The lowest BCUT2D eigenvalue weighted by Gasteiger charge is -2.22. The van der Waals surface area contributed by atoms with E-state index in [4.69, 9.17) is 0 Å². The number of carbonyl (C=O) groups excluding carboxylic acids is 1. The maximum Gasteiger partial charge on any atom is 0.220 e. The molecule has 0 aromatic rings. The van der Waals surface area contributed by atoms with Crippen molar-refractivity contribution in [3.63, 3.8) is 0 Å². The molecule has 0 fully saturated rings. The van der Waals surface area contributed by atoms with Crippen molar-refractivity contribution in [1.82, 2.24) is 5.32 Å². The van der Waals surface area contributed by atoms with Crippen molar-refractivity contribution in [2.75, 3.05) is 6.61 Å². The molecule has 0 aromatic carbocycles. The van der Waals surface area contributed by atoms with Gasteiger partial charge in [0.1, 0.15) is 0 Å². The van der Waals surface area contributed by atoms with Crippen LogP contribution >= 0.6 is 0 Å². The Morgan fingerprint density at radius 2 is 0.679 bits per heavy atom. The fourth-order valence-electron chi connectivity index (χ4n) is 8.30. The fraction of sp³-hybridized carbons (Fsp3) is 0.942. The third kappa shape index (κ3) is 44.2.